The van der Waals surface area contributed by atoms with Gasteiger partial charge in [-0.25, -0.2) is 4.79 Å². The van der Waals surface area contributed by atoms with Gasteiger partial charge in [-0.3, -0.25) is 14.3 Å². The number of ether oxygens (including phenoxy) is 1. The number of hydrogen-bond donors (Lipinski definition) is 3. The molecule has 2 unspecified atom stereocenters. The lowest BCUT2D eigenvalue weighted by Crippen LogP contribution is -2.33. The molecule has 4 atom stereocenters. The quantitative estimate of drug-likeness (QED) is 0.600. The first-order valence-corrected chi connectivity index (χ1v) is 6.82. The van der Waals surface area contributed by atoms with Crippen LogP contribution in [-0.2, 0) is 9.26 Å². The predicted octanol–water partition coefficient (Wildman–Crippen LogP) is -1.00. The number of nitrogens with one attached hydrogen (secondary N) is 1. The van der Waals surface area contributed by atoms with Crippen LogP contribution in [0.1, 0.15) is 18.2 Å². The molecule has 0 spiro atoms. The normalized spacial score (nSPS) is 25.8. The summed E-state index contributed by atoms with van der Waals surface area (Å²) in [5.74, 6) is 0. The van der Waals surface area contributed by atoms with Crippen molar-refractivity contribution in [3.63, 3.8) is 0 Å². The number of hydrogen-bond acceptors (Lipinski definition) is 6. The van der Waals surface area contributed by atoms with Gasteiger partial charge < -0.3 is 19.5 Å². The number of aromatic amines is 1. The predicted molar refractivity (Wildman–Crippen MR) is 77.6 cm³/mol. The third-order valence-corrected chi connectivity index (χ3v) is 3.37. The summed E-state index contributed by atoms with van der Waals surface area (Å²) < 4.78 is 11.6. The van der Waals surface area contributed by atoms with Crippen molar-refractivity contribution < 1.29 is 19.5 Å². The van der Waals surface area contributed by atoms with Crippen LogP contribution in [-0.4, -0.2) is 45.2 Å². The first kappa shape index (κ1) is 16.1. The van der Waals surface area contributed by atoms with E-state index in [4.69, 9.17) is 14.4 Å². The zero-order chi connectivity index (χ0) is 15.4. The van der Waals surface area contributed by atoms with Gasteiger partial charge in [0.15, 0.2) is 0 Å². The molecule has 116 valence electrons. The summed E-state index contributed by atoms with van der Waals surface area (Å²) in [5, 5.41) is 18.6. The van der Waals surface area contributed by atoms with Crippen LogP contribution in [0.5, 0.6) is 0 Å². The molecule has 0 saturated carbocycles. The van der Waals surface area contributed by atoms with Crippen LogP contribution in [0.2, 0.25) is 0 Å². The van der Waals surface area contributed by atoms with Crippen molar-refractivity contribution in [2.24, 2.45) is 0 Å². The lowest BCUT2D eigenvalue weighted by molar-refractivity contribution is -0.0382. The Morgan fingerprint density at radius 1 is 1.57 bits per heavy atom. The van der Waals surface area contributed by atoms with Gasteiger partial charge in [-0.05, 0) is 6.08 Å². The Kier molecular flexibility index (Phi) is 5.44. The molecular weight excluding hydrogens is 299 g/mol. The fraction of sp³-hybridized carbons (Fsp3) is 0.500. The molecule has 1 aliphatic heterocycles. The van der Waals surface area contributed by atoms with Gasteiger partial charge >= 0.3 is 5.69 Å². The average Bonchev–Trinajstić information content (AvgIpc) is 2.79. The summed E-state index contributed by atoms with van der Waals surface area (Å²) in [6.45, 7) is -0.0392. The first-order chi connectivity index (χ1) is 10.1. The molecular formula is C12H17N2O6P. The van der Waals surface area contributed by atoms with Gasteiger partial charge in [-0.2, -0.15) is 0 Å². The number of nitrogens with zero attached hydrogens (tertiary/aromatic N) is 1. The zero-order valence-electron chi connectivity index (χ0n) is 11.1. The third kappa shape index (κ3) is 3.66. The minimum atomic E-state index is -0.759. The van der Waals surface area contributed by atoms with E-state index in [0.29, 0.717) is 0 Å². The zero-order valence-corrected chi connectivity index (χ0v) is 12.3. The minimum absolute atomic E-state index is 0.178. The van der Waals surface area contributed by atoms with Crippen LogP contribution in [0.25, 0.3) is 6.08 Å². The molecule has 3 N–H and O–H groups in total. The fourth-order valence-electron chi connectivity index (χ4n) is 2.14. The summed E-state index contributed by atoms with van der Waals surface area (Å²) >= 11 is 0. The number of aliphatic hydroxyl groups is 2. The third-order valence-electron chi connectivity index (χ3n) is 3.17. The van der Waals surface area contributed by atoms with Crippen LogP contribution in [0.4, 0.5) is 0 Å². The molecule has 1 aromatic rings. The highest BCUT2D eigenvalue weighted by Crippen LogP contribution is 2.28. The summed E-state index contributed by atoms with van der Waals surface area (Å²) in [4.78, 5) is 25.7. The van der Waals surface area contributed by atoms with Gasteiger partial charge in [0.2, 0.25) is 0 Å². The second-order valence-electron chi connectivity index (χ2n) is 4.60. The summed E-state index contributed by atoms with van der Waals surface area (Å²) in [6, 6.07) is 0. The van der Waals surface area contributed by atoms with Gasteiger partial charge in [0.1, 0.15) is 12.3 Å². The number of rotatable bonds is 5. The van der Waals surface area contributed by atoms with Crippen molar-refractivity contribution in [1.82, 2.24) is 9.55 Å². The van der Waals surface area contributed by atoms with E-state index in [0.717, 1.165) is 0 Å². The molecule has 1 fully saturated rings. The highest BCUT2D eigenvalue weighted by Gasteiger charge is 2.35. The van der Waals surface area contributed by atoms with Gasteiger partial charge in [-0.1, -0.05) is 6.08 Å². The average molecular weight is 316 g/mol. The summed E-state index contributed by atoms with van der Waals surface area (Å²) in [5.41, 5.74) is -0.956. The lowest BCUT2D eigenvalue weighted by Gasteiger charge is -2.15. The molecule has 1 saturated heterocycles. The Hall–Kier alpha value is -1.31. The number of aliphatic hydroxyl groups excluding tert-OH is 2. The van der Waals surface area contributed by atoms with Crippen LogP contribution in [0.15, 0.2) is 21.9 Å². The van der Waals surface area contributed by atoms with E-state index in [1.807, 2.05) is 0 Å². The first-order valence-electron chi connectivity index (χ1n) is 6.35. The van der Waals surface area contributed by atoms with E-state index in [1.54, 1.807) is 0 Å². The molecule has 0 radical (unpaired) electrons. The van der Waals surface area contributed by atoms with E-state index in [-0.39, 0.29) is 25.2 Å². The van der Waals surface area contributed by atoms with Gasteiger partial charge in [0.05, 0.1) is 24.9 Å². The maximum atomic E-state index is 11.9. The van der Waals surface area contributed by atoms with Crippen molar-refractivity contribution in [3.8, 4) is 0 Å². The van der Waals surface area contributed by atoms with E-state index in [2.05, 4.69) is 14.5 Å². The molecule has 0 bridgehead atoms. The van der Waals surface area contributed by atoms with Crippen LogP contribution >= 0.6 is 9.47 Å². The fourth-order valence-corrected chi connectivity index (χ4v) is 2.33. The minimum Gasteiger partial charge on any atom is -0.392 e. The van der Waals surface area contributed by atoms with Crippen molar-refractivity contribution in [2.75, 3.05) is 13.2 Å². The molecule has 2 rings (SSSR count). The standard InChI is InChI=1S/C12H17N2O6P/c15-3-1-2-7-5-14(12(18)13-11(7)17)10-4-8(16)9(20-10)6-19-21/h1-2,5,8-10,15-16H,3-4,6,21H2,(H,13,17,18)/t8?,9-,10-/m1/s1. The van der Waals surface area contributed by atoms with E-state index in [9.17, 15) is 14.7 Å². The van der Waals surface area contributed by atoms with Crippen LogP contribution in [0.3, 0.4) is 0 Å². The Balaban J connectivity index is 2.30. The topological polar surface area (TPSA) is 114 Å². The maximum Gasteiger partial charge on any atom is 0.330 e. The number of H-pyrrole nitrogens is 1. The van der Waals surface area contributed by atoms with Gasteiger partial charge in [0, 0.05) is 22.1 Å². The van der Waals surface area contributed by atoms with Crippen LogP contribution < -0.4 is 11.2 Å². The van der Waals surface area contributed by atoms with Crippen molar-refractivity contribution in [3.05, 3.63) is 38.7 Å². The second-order valence-corrected chi connectivity index (χ2v) is 4.93. The van der Waals surface area contributed by atoms with Gasteiger partial charge in [-0.15, -0.1) is 0 Å². The van der Waals surface area contributed by atoms with E-state index in [1.165, 1.54) is 22.9 Å². The molecule has 21 heavy (non-hydrogen) atoms. The maximum absolute atomic E-state index is 11.9. The summed E-state index contributed by atoms with van der Waals surface area (Å²) in [7, 11) is 2.07. The summed E-state index contributed by atoms with van der Waals surface area (Å²) in [6.07, 6.45) is 2.37. The van der Waals surface area contributed by atoms with Gasteiger partial charge in [0.25, 0.3) is 5.56 Å². The lowest BCUT2D eigenvalue weighted by atomic mass is 10.2. The molecule has 0 amide bonds. The highest BCUT2D eigenvalue weighted by atomic mass is 31.0. The van der Waals surface area contributed by atoms with Crippen molar-refractivity contribution >= 4 is 15.5 Å². The second kappa shape index (κ2) is 7.11. The van der Waals surface area contributed by atoms with E-state index >= 15 is 0 Å². The Morgan fingerprint density at radius 3 is 3.00 bits per heavy atom. The Bertz CT molecular complexity index is 625. The highest BCUT2D eigenvalue weighted by molar-refractivity contribution is 7.09. The molecule has 1 aliphatic rings. The molecule has 0 aromatic carbocycles. The van der Waals surface area contributed by atoms with E-state index < -0.39 is 29.7 Å². The van der Waals surface area contributed by atoms with Crippen molar-refractivity contribution in [1.29, 1.82) is 0 Å². The molecule has 1 aromatic heterocycles. The Morgan fingerprint density at radius 2 is 2.33 bits per heavy atom. The monoisotopic (exact) mass is 316 g/mol. The molecule has 8 nitrogen and oxygen atoms in total. The largest absolute Gasteiger partial charge is 0.392 e. The SMILES string of the molecule is O=c1[nH]c(=O)n([C@H]2CC(O)[C@@H](COP)O2)cc1C=CCO. The molecule has 2 heterocycles. The smallest absolute Gasteiger partial charge is 0.330 e. The van der Waals surface area contributed by atoms with Crippen LogP contribution in [0, 0.1) is 0 Å². The molecule has 0 aliphatic carbocycles. The number of aromatic nitrogens is 2. The Labute approximate surface area is 122 Å². The van der Waals surface area contributed by atoms with Crippen molar-refractivity contribution in [2.45, 2.75) is 24.9 Å². The molecule has 9 heteroatoms.